The Morgan fingerprint density at radius 1 is 1.59 bits per heavy atom. The topological polar surface area (TPSA) is 55.6 Å². The van der Waals surface area contributed by atoms with E-state index < -0.39 is 0 Å². The third-order valence-corrected chi connectivity index (χ3v) is 3.54. The van der Waals surface area contributed by atoms with Crippen molar-refractivity contribution >= 4 is 27.5 Å². The minimum Gasteiger partial charge on any atom is -0.399 e. The molecule has 0 saturated carbocycles. The van der Waals surface area contributed by atoms with Gasteiger partial charge in [0, 0.05) is 16.7 Å². The van der Waals surface area contributed by atoms with E-state index in [0.717, 1.165) is 4.47 Å². The summed E-state index contributed by atoms with van der Waals surface area (Å²) in [6.45, 7) is 3.79. The maximum absolute atomic E-state index is 12.4. The fraction of sp³-hybridized carbons (Fsp3) is 0.417. The summed E-state index contributed by atoms with van der Waals surface area (Å²) < 4.78 is 6.10. The first-order valence-electron chi connectivity index (χ1n) is 5.53. The van der Waals surface area contributed by atoms with Crippen molar-refractivity contribution in [2.24, 2.45) is 0 Å². The van der Waals surface area contributed by atoms with Crippen molar-refractivity contribution in [2.45, 2.75) is 13.0 Å². The molecule has 17 heavy (non-hydrogen) atoms. The number of nitrogens with two attached hydrogens (primary N) is 1. The zero-order chi connectivity index (χ0) is 12.4. The Bertz CT molecular complexity index is 437. The van der Waals surface area contributed by atoms with Crippen LogP contribution in [-0.2, 0) is 4.74 Å². The minimum atomic E-state index is -0.0000231. The van der Waals surface area contributed by atoms with Gasteiger partial charge < -0.3 is 15.4 Å². The van der Waals surface area contributed by atoms with E-state index in [2.05, 4.69) is 15.9 Å². The maximum atomic E-state index is 12.4. The molecule has 1 saturated heterocycles. The number of anilines is 1. The van der Waals surface area contributed by atoms with Crippen LogP contribution >= 0.6 is 15.9 Å². The number of nitrogen functional groups attached to an aromatic ring is 1. The molecule has 0 aromatic heterocycles. The van der Waals surface area contributed by atoms with Crippen LogP contribution in [-0.4, -0.2) is 36.6 Å². The second-order valence-corrected chi connectivity index (χ2v) is 5.02. The number of benzene rings is 1. The van der Waals surface area contributed by atoms with Crippen LogP contribution in [0.15, 0.2) is 22.7 Å². The predicted molar refractivity (Wildman–Crippen MR) is 69.9 cm³/mol. The fourth-order valence-corrected chi connectivity index (χ4v) is 2.31. The molecule has 2 rings (SSSR count). The Hall–Kier alpha value is -1.07. The van der Waals surface area contributed by atoms with Crippen LogP contribution in [0.5, 0.6) is 0 Å². The average molecular weight is 299 g/mol. The van der Waals surface area contributed by atoms with Crippen molar-refractivity contribution in [3.63, 3.8) is 0 Å². The van der Waals surface area contributed by atoms with Gasteiger partial charge in [-0.3, -0.25) is 4.79 Å². The first-order valence-corrected chi connectivity index (χ1v) is 6.32. The number of morpholine rings is 1. The molecule has 0 aliphatic carbocycles. The van der Waals surface area contributed by atoms with Gasteiger partial charge >= 0.3 is 0 Å². The van der Waals surface area contributed by atoms with Crippen LogP contribution in [0.3, 0.4) is 0 Å². The van der Waals surface area contributed by atoms with Crippen LogP contribution in [0, 0.1) is 0 Å². The van der Waals surface area contributed by atoms with Gasteiger partial charge in [0.1, 0.15) is 0 Å². The molecule has 0 bridgehead atoms. The molecule has 4 nitrogen and oxygen atoms in total. The molecule has 1 atom stereocenters. The van der Waals surface area contributed by atoms with E-state index in [0.29, 0.717) is 31.0 Å². The van der Waals surface area contributed by atoms with Gasteiger partial charge in [-0.25, -0.2) is 0 Å². The summed E-state index contributed by atoms with van der Waals surface area (Å²) in [5.41, 5.74) is 6.92. The lowest BCUT2D eigenvalue weighted by atomic mass is 10.1. The molecule has 1 heterocycles. The van der Waals surface area contributed by atoms with E-state index >= 15 is 0 Å². The number of halogens is 1. The van der Waals surface area contributed by atoms with Crippen molar-refractivity contribution in [3.05, 3.63) is 28.2 Å². The fourth-order valence-electron chi connectivity index (χ4n) is 1.89. The number of carbonyl (C=O) groups excluding carboxylic acids is 1. The van der Waals surface area contributed by atoms with Crippen LogP contribution in [0.4, 0.5) is 5.69 Å². The summed E-state index contributed by atoms with van der Waals surface area (Å²) in [5, 5.41) is 0. The predicted octanol–water partition coefficient (Wildman–Crippen LogP) is 1.89. The SMILES string of the molecule is C[C@@H]1COCCN1C(=O)c1cc(N)ccc1Br. The molecule has 0 radical (unpaired) electrons. The number of rotatable bonds is 1. The van der Waals surface area contributed by atoms with Gasteiger partial charge in [-0.1, -0.05) is 0 Å². The first kappa shape index (κ1) is 12.4. The number of hydrogen-bond acceptors (Lipinski definition) is 3. The molecule has 0 unspecified atom stereocenters. The summed E-state index contributed by atoms with van der Waals surface area (Å²) in [5.74, 6) is -0.0000231. The summed E-state index contributed by atoms with van der Waals surface area (Å²) >= 11 is 3.38. The summed E-state index contributed by atoms with van der Waals surface area (Å²) in [4.78, 5) is 14.2. The number of carbonyl (C=O) groups is 1. The number of ether oxygens (including phenoxy) is 1. The second-order valence-electron chi connectivity index (χ2n) is 4.16. The standard InChI is InChI=1S/C12H15BrN2O2/c1-8-7-17-5-4-15(8)12(16)10-6-9(14)2-3-11(10)13/h2-3,6,8H,4-5,7,14H2,1H3/t8-/m1/s1. The Morgan fingerprint density at radius 2 is 2.35 bits per heavy atom. The van der Waals surface area contributed by atoms with E-state index in [4.69, 9.17) is 10.5 Å². The average Bonchev–Trinajstić information content (AvgIpc) is 2.32. The molecule has 1 fully saturated rings. The van der Waals surface area contributed by atoms with Crippen LogP contribution in [0.25, 0.3) is 0 Å². The van der Waals surface area contributed by atoms with Gasteiger partial charge in [-0.05, 0) is 41.1 Å². The Morgan fingerprint density at radius 3 is 3.06 bits per heavy atom. The zero-order valence-corrected chi connectivity index (χ0v) is 11.2. The maximum Gasteiger partial charge on any atom is 0.255 e. The lowest BCUT2D eigenvalue weighted by Gasteiger charge is -2.33. The van der Waals surface area contributed by atoms with E-state index in [-0.39, 0.29) is 11.9 Å². The van der Waals surface area contributed by atoms with E-state index in [1.807, 2.05) is 11.8 Å². The molecular weight excluding hydrogens is 284 g/mol. The highest BCUT2D eigenvalue weighted by molar-refractivity contribution is 9.10. The van der Waals surface area contributed by atoms with Gasteiger partial charge in [0.05, 0.1) is 24.8 Å². The van der Waals surface area contributed by atoms with E-state index in [1.54, 1.807) is 18.2 Å². The lowest BCUT2D eigenvalue weighted by Crippen LogP contribution is -2.47. The molecule has 1 amide bonds. The summed E-state index contributed by atoms with van der Waals surface area (Å²) in [6, 6.07) is 5.37. The Balaban J connectivity index is 2.26. The lowest BCUT2D eigenvalue weighted by molar-refractivity contribution is 0.00354. The molecule has 1 aliphatic rings. The minimum absolute atomic E-state index is 0.0000231. The summed E-state index contributed by atoms with van der Waals surface area (Å²) in [7, 11) is 0. The number of hydrogen-bond donors (Lipinski definition) is 1. The van der Waals surface area contributed by atoms with E-state index in [9.17, 15) is 4.79 Å². The largest absolute Gasteiger partial charge is 0.399 e. The van der Waals surface area contributed by atoms with Gasteiger partial charge in [0.25, 0.3) is 5.91 Å². The van der Waals surface area contributed by atoms with Crippen LogP contribution in [0.2, 0.25) is 0 Å². The first-order chi connectivity index (χ1) is 8.09. The van der Waals surface area contributed by atoms with Crippen LogP contribution in [0.1, 0.15) is 17.3 Å². The molecule has 1 aromatic carbocycles. The second kappa shape index (κ2) is 5.06. The molecule has 92 valence electrons. The Kier molecular flexibility index (Phi) is 3.69. The third-order valence-electron chi connectivity index (χ3n) is 2.85. The molecule has 5 heteroatoms. The van der Waals surface area contributed by atoms with Gasteiger partial charge in [0.15, 0.2) is 0 Å². The Labute approximate surface area is 109 Å². The van der Waals surface area contributed by atoms with Crippen molar-refractivity contribution in [1.29, 1.82) is 0 Å². The van der Waals surface area contributed by atoms with Gasteiger partial charge in [-0.2, -0.15) is 0 Å². The highest BCUT2D eigenvalue weighted by Gasteiger charge is 2.25. The van der Waals surface area contributed by atoms with Crippen molar-refractivity contribution < 1.29 is 9.53 Å². The molecule has 1 aliphatic heterocycles. The smallest absolute Gasteiger partial charge is 0.255 e. The number of amides is 1. The molecule has 2 N–H and O–H groups in total. The third kappa shape index (κ3) is 2.61. The molecule has 0 spiro atoms. The number of nitrogens with zero attached hydrogens (tertiary/aromatic N) is 1. The van der Waals surface area contributed by atoms with Gasteiger partial charge in [-0.15, -0.1) is 0 Å². The van der Waals surface area contributed by atoms with E-state index in [1.165, 1.54) is 0 Å². The summed E-state index contributed by atoms with van der Waals surface area (Å²) in [6.07, 6.45) is 0. The molecule has 1 aromatic rings. The normalized spacial score (nSPS) is 20.4. The monoisotopic (exact) mass is 298 g/mol. The van der Waals surface area contributed by atoms with Gasteiger partial charge in [0.2, 0.25) is 0 Å². The highest BCUT2D eigenvalue weighted by atomic mass is 79.9. The molecular formula is C12H15BrN2O2. The van der Waals surface area contributed by atoms with Crippen molar-refractivity contribution in [2.75, 3.05) is 25.5 Å². The zero-order valence-electron chi connectivity index (χ0n) is 9.65. The highest BCUT2D eigenvalue weighted by Crippen LogP contribution is 2.22. The van der Waals surface area contributed by atoms with Crippen LogP contribution < -0.4 is 5.73 Å². The van der Waals surface area contributed by atoms with Crippen molar-refractivity contribution in [1.82, 2.24) is 4.90 Å². The van der Waals surface area contributed by atoms with Crippen molar-refractivity contribution in [3.8, 4) is 0 Å². The quantitative estimate of drug-likeness (QED) is 0.806.